The number of carbonyl (C=O) groups excluding carboxylic acids is 2. The topological polar surface area (TPSA) is 124 Å². The number of nitrogen functional groups attached to an aromatic ring is 1. The molecule has 3 rings (SSSR count). The molecule has 4 N–H and O–H groups in total. The number of para-hydroxylation sites is 1. The van der Waals surface area contributed by atoms with E-state index in [0.29, 0.717) is 10.8 Å². The van der Waals surface area contributed by atoms with Gasteiger partial charge in [-0.05, 0) is 36.4 Å². The van der Waals surface area contributed by atoms with Crippen LogP contribution in [0.1, 0.15) is 0 Å². The average Bonchev–Trinajstić information content (AvgIpc) is 3.07. The van der Waals surface area contributed by atoms with Gasteiger partial charge in [-0.3, -0.25) is 14.2 Å². The maximum atomic E-state index is 12.4. The number of carbonyl (C=O) groups is 2. The van der Waals surface area contributed by atoms with Crippen molar-refractivity contribution in [1.82, 2.24) is 14.8 Å². The second-order valence-corrected chi connectivity index (χ2v) is 6.85. The highest BCUT2D eigenvalue weighted by molar-refractivity contribution is 7.99. The summed E-state index contributed by atoms with van der Waals surface area (Å²) in [5, 5.41) is 14.1. The maximum Gasteiger partial charge on any atom is 0.316 e. The molecule has 150 valence electrons. The largest absolute Gasteiger partial charge is 0.468 e. The van der Waals surface area contributed by atoms with Gasteiger partial charge in [-0.2, -0.15) is 0 Å². The third-order valence-electron chi connectivity index (χ3n) is 3.83. The van der Waals surface area contributed by atoms with Crippen LogP contribution in [0.4, 0.5) is 23.0 Å². The van der Waals surface area contributed by atoms with Gasteiger partial charge in [-0.25, -0.2) is 0 Å². The van der Waals surface area contributed by atoms with Crippen molar-refractivity contribution in [3.8, 4) is 0 Å². The quantitative estimate of drug-likeness (QED) is 0.381. The number of aromatic nitrogens is 3. The third kappa shape index (κ3) is 5.72. The van der Waals surface area contributed by atoms with Gasteiger partial charge in [0.1, 0.15) is 6.54 Å². The Hall–Kier alpha value is -3.53. The van der Waals surface area contributed by atoms with E-state index in [1.165, 1.54) is 11.7 Å². The van der Waals surface area contributed by atoms with E-state index in [-0.39, 0.29) is 24.2 Å². The van der Waals surface area contributed by atoms with E-state index >= 15 is 0 Å². The van der Waals surface area contributed by atoms with Gasteiger partial charge in [0.15, 0.2) is 5.16 Å². The minimum Gasteiger partial charge on any atom is -0.468 e. The summed E-state index contributed by atoms with van der Waals surface area (Å²) in [5.74, 6) is -0.557. The van der Waals surface area contributed by atoms with Crippen molar-refractivity contribution in [3.05, 3.63) is 54.6 Å². The number of anilines is 4. The summed E-state index contributed by atoms with van der Waals surface area (Å²) in [6, 6.07) is 17.1. The molecule has 29 heavy (non-hydrogen) atoms. The van der Waals surface area contributed by atoms with Gasteiger partial charge in [0.25, 0.3) is 0 Å². The van der Waals surface area contributed by atoms with Crippen LogP contribution in [-0.2, 0) is 20.9 Å². The molecule has 0 fully saturated rings. The Labute approximate surface area is 171 Å². The normalized spacial score (nSPS) is 10.4. The number of methoxy groups -OCH3 is 1. The Morgan fingerprint density at radius 3 is 2.38 bits per heavy atom. The van der Waals surface area contributed by atoms with Gasteiger partial charge in [0.05, 0.1) is 12.9 Å². The Balaban J connectivity index is 1.58. The number of hydrogen-bond acceptors (Lipinski definition) is 8. The van der Waals surface area contributed by atoms with Crippen LogP contribution in [0, 0.1) is 0 Å². The minimum atomic E-state index is -0.406. The molecule has 1 amide bonds. The van der Waals surface area contributed by atoms with Crippen LogP contribution >= 0.6 is 11.8 Å². The highest BCUT2D eigenvalue weighted by Gasteiger charge is 2.15. The lowest BCUT2D eigenvalue weighted by Crippen LogP contribution is -2.20. The van der Waals surface area contributed by atoms with Crippen molar-refractivity contribution in [2.45, 2.75) is 11.7 Å². The summed E-state index contributed by atoms with van der Waals surface area (Å²) in [6.07, 6.45) is 0. The molecule has 9 nitrogen and oxygen atoms in total. The van der Waals surface area contributed by atoms with Crippen molar-refractivity contribution in [1.29, 1.82) is 0 Å². The Morgan fingerprint density at radius 1 is 1.03 bits per heavy atom. The molecule has 0 spiro atoms. The highest BCUT2D eigenvalue weighted by Crippen LogP contribution is 2.20. The monoisotopic (exact) mass is 412 g/mol. The Bertz CT molecular complexity index is 975. The molecule has 0 aliphatic carbocycles. The van der Waals surface area contributed by atoms with Gasteiger partial charge in [-0.1, -0.05) is 30.0 Å². The molecular formula is C19H20N6O3S. The second kappa shape index (κ2) is 9.60. The number of nitrogens with zero attached hydrogens (tertiary/aromatic N) is 3. The van der Waals surface area contributed by atoms with Crippen LogP contribution in [-0.4, -0.2) is 39.5 Å². The molecule has 1 heterocycles. The fourth-order valence-corrected chi connectivity index (χ4v) is 3.18. The fraction of sp³-hybridized carbons (Fsp3) is 0.158. The van der Waals surface area contributed by atoms with Crippen molar-refractivity contribution >= 4 is 46.6 Å². The first kappa shape index (κ1) is 20.2. The first-order valence-electron chi connectivity index (χ1n) is 8.65. The van der Waals surface area contributed by atoms with Crippen molar-refractivity contribution < 1.29 is 14.3 Å². The first-order chi connectivity index (χ1) is 14.0. The van der Waals surface area contributed by atoms with Crippen LogP contribution in [0.3, 0.4) is 0 Å². The van der Waals surface area contributed by atoms with Crippen molar-refractivity contribution in [2.75, 3.05) is 29.2 Å². The third-order valence-corrected chi connectivity index (χ3v) is 4.77. The Kier molecular flexibility index (Phi) is 6.69. The number of thioether (sulfide) groups is 1. The van der Waals surface area contributed by atoms with Crippen LogP contribution in [0.2, 0.25) is 0 Å². The van der Waals surface area contributed by atoms with E-state index in [1.54, 1.807) is 12.1 Å². The van der Waals surface area contributed by atoms with Crippen LogP contribution < -0.4 is 16.4 Å². The van der Waals surface area contributed by atoms with Gasteiger partial charge in [0, 0.05) is 17.1 Å². The molecule has 0 atom stereocenters. The van der Waals surface area contributed by atoms with Crippen molar-refractivity contribution in [3.63, 3.8) is 0 Å². The van der Waals surface area contributed by atoms with Crippen molar-refractivity contribution in [2.24, 2.45) is 0 Å². The first-order valence-corrected chi connectivity index (χ1v) is 9.64. The molecule has 0 bridgehead atoms. The summed E-state index contributed by atoms with van der Waals surface area (Å²) in [6.45, 7) is -0.0770. The molecular weight excluding hydrogens is 392 g/mol. The number of nitrogens with one attached hydrogen (secondary N) is 2. The Morgan fingerprint density at radius 2 is 1.69 bits per heavy atom. The molecule has 2 aromatic carbocycles. The van der Waals surface area contributed by atoms with Gasteiger partial charge < -0.3 is 21.1 Å². The molecule has 1 aromatic heterocycles. The van der Waals surface area contributed by atoms with Gasteiger partial charge in [-0.15, -0.1) is 10.2 Å². The number of esters is 1. The standard InChI is InChI=1S/C19H20N6O3S/c1-28-17(27)12-29-19-24-23-18(20)25(19)11-16(26)22-15-9-7-14(8-10-15)21-13-5-3-2-4-6-13/h2-10,21H,11-12H2,1H3,(H2,20,23)(H,22,26). The molecule has 0 aliphatic rings. The lowest BCUT2D eigenvalue weighted by atomic mass is 10.2. The van der Waals surface area contributed by atoms with E-state index < -0.39 is 5.97 Å². The van der Waals surface area contributed by atoms with E-state index in [0.717, 1.165) is 23.1 Å². The predicted molar refractivity (Wildman–Crippen MR) is 112 cm³/mol. The fourth-order valence-electron chi connectivity index (χ4n) is 2.41. The summed E-state index contributed by atoms with van der Waals surface area (Å²) < 4.78 is 6.03. The van der Waals surface area contributed by atoms with Crippen LogP contribution in [0.5, 0.6) is 0 Å². The molecule has 0 saturated carbocycles. The summed E-state index contributed by atoms with van der Waals surface area (Å²) in [7, 11) is 1.30. The van der Waals surface area contributed by atoms with E-state index in [1.807, 2.05) is 42.5 Å². The average molecular weight is 412 g/mol. The van der Waals surface area contributed by atoms with Crippen LogP contribution in [0.15, 0.2) is 59.8 Å². The molecule has 0 radical (unpaired) electrons. The van der Waals surface area contributed by atoms with Crippen LogP contribution in [0.25, 0.3) is 0 Å². The predicted octanol–water partition coefficient (Wildman–Crippen LogP) is 2.51. The molecule has 0 saturated heterocycles. The smallest absolute Gasteiger partial charge is 0.316 e. The summed E-state index contributed by atoms with van der Waals surface area (Å²) >= 11 is 1.10. The number of nitrogens with two attached hydrogens (primary N) is 1. The maximum absolute atomic E-state index is 12.4. The number of amides is 1. The highest BCUT2D eigenvalue weighted by atomic mass is 32.2. The number of rotatable bonds is 8. The van der Waals surface area contributed by atoms with E-state index in [9.17, 15) is 9.59 Å². The number of benzene rings is 2. The zero-order valence-electron chi connectivity index (χ0n) is 15.7. The number of ether oxygens (including phenoxy) is 1. The lowest BCUT2D eigenvalue weighted by Gasteiger charge is -2.10. The van der Waals surface area contributed by atoms with Gasteiger partial charge in [0.2, 0.25) is 11.9 Å². The number of hydrogen-bond donors (Lipinski definition) is 3. The van der Waals surface area contributed by atoms with E-state index in [4.69, 9.17) is 5.73 Å². The SMILES string of the molecule is COC(=O)CSc1nnc(N)n1CC(=O)Nc1ccc(Nc2ccccc2)cc1. The minimum absolute atomic E-state index is 0.0477. The lowest BCUT2D eigenvalue weighted by molar-refractivity contribution is -0.137. The molecule has 0 aliphatic heterocycles. The molecule has 0 unspecified atom stereocenters. The summed E-state index contributed by atoms with van der Waals surface area (Å²) in [4.78, 5) is 23.7. The summed E-state index contributed by atoms with van der Waals surface area (Å²) in [5.41, 5.74) is 8.31. The zero-order chi connectivity index (χ0) is 20.6. The van der Waals surface area contributed by atoms with E-state index in [2.05, 4.69) is 25.6 Å². The molecule has 10 heteroatoms. The van der Waals surface area contributed by atoms with Gasteiger partial charge >= 0.3 is 5.97 Å². The second-order valence-electron chi connectivity index (χ2n) is 5.91. The zero-order valence-corrected chi connectivity index (χ0v) is 16.5. The molecule has 3 aromatic rings.